The Morgan fingerprint density at radius 1 is 0.260 bits per heavy atom. The van der Waals surface area contributed by atoms with Crippen LogP contribution in [0.1, 0.15) is 22.3 Å². The highest BCUT2D eigenvalue weighted by Crippen LogP contribution is 2.57. The van der Waals surface area contributed by atoms with Crippen LogP contribution in [0, 0.1) is 0 Å². The summed E-state index contributed by atoms with van der Waals surface area (Å²) in [6, 6.07) is 104. The number of hydrogen-bond acceptors (Lipinski definition) is 2. The van der Waals surface area contributed by atoms with Gasteiger partial charge in [-0.2, -0.15) is 0 Å². The average molecular weight is 930 g/mol. The Labute approximate surface area is 425 Å². The van der Waals surface area contributed by atoms with E-state index in [0.717, 1.165) is 50.1 Å². The van der Waals surface area contributed by atoms with E-state index in [1.165, 1.54) is 77.5 Å². The molecule has 0 atom stereocenters. The van der Waals surface area contributed by atoms with Gasteiger partial charge in [0.2, 0.25) is 0 Å². The first kappa shape index (κ1) is 42.4. The van der Waals surface area contributed by atoms with Crippen molar-refractivity contribution in [2.45, 2.75) is 5.41 Å². The average Bonchev–Trinajstić information content (AvgIpc) is 3.99. The minimum atomic E-state index is -0.464. The van der Waals surface area contributed by atoms with Gasteiger partial charge in [0.15, 0.2) is 0 Å². The largest absolute Gasteiger partial charge is 0.456 e. The van der Waals surface area contributed by atoms with E-state index >= 15 is 0 Å². The van der Waals surface area contributed by atoms with Crippen LogP contribution in [0.25, 0.3) is 88.3 Å². The molecule has 2 heteroatoms. The minimum absolute atomic E-state index is 0.464. The highest BCUT2D eigenvalue weighted by Gasteiger charge is 2.46. The maximum atomic E-state index is 6.32. The third kappa shape index (κ3) is 7.18. The Morgan fingerprint density at radius 2 is 0.740 bits per heavy atom. The number of nitrogens with zero attached hydrogens (tertiary/aromatic N) is 1. The molecule has 12 aromatic carbocycles. The molecule has 1 aliphatic rings. The first-order valence-corrected chi connectivity index (χ1v) is 25.1. The van der Waals surface area contributed by atoms with Crippen LogP contribution < -0.4 is 4.90 Å². The van der Waals surface area contributed by atoms with Gasteiger partial charge in [0.25, 0.3) is 0 Å². The molecule has 13 aromatic rings. The summed E-state index contributed by atoms with van der Waals surface area (Å²) in [7, 11) is 0. The van der Waals surface area contributed by atoms with E-state index in [2.05, 4.69) is 278 Å². The number of furan rings is 1. The van der Waals surface area contributed by atoms with Crippen LogP contribution in [0.2, 0.25) is 0 Å². The molecule has 0 N–H and O–H groups in total. The molecule has 0 bridgehead atoms. The summed E-state index contributed by atoms with van der Waals surface area (Å²) >= 11 is 0. The zero-order valence-electron chi connectivity index (χ0n) is 40.0. The molecule has 14 rings (SSSR count). The number of anilines is 3. The lowest BCUT2D eigenvalue weighted by Gasteiger charge is -2.34. The van der Waals surface area contributed by atoms with E-state index in [1.807, 2.05) is 12.1 Å². The molecule has 1 aromatic heterocycles. The Hall–Kier alpha value is -9.50. The van der Waals surface area contributed by atoms with Crippen molar-refractivity contribution >= 4 is 49.8 Å². The van der Waals surface area contributed by atoms with Crippen molar-refractivity contribution in [3.05, 3.63) is 307 Å². The molecule has 0 fully saturated rings. The van der Waals surface area contributed by atoms with Gasteiger partial charge in [-0.1, -0.05) is 212 Å². The van der Waals surface area contributed by atoms with Gasteiger partial charge < -0.3 is 9.32 Å². The van der Waals surface area contributed by atoms with Gasteiger partial charge in [-0.05, 0) is 161 Å². The summed E-state index contributed by atoms with van der Waals surface area (Å²) < 4.78 is 6.32. The topological polar surface area (TPSA) is 16.4 Å². The number of hydrogen-bond donors (Lipinski definition) is 0. The predicted octanol–water partition coefficient (Wildman–Crippen LogP) is 19.2. The standard InChI is InChI=1S/C71H47NO/c1-3-21-58(22-4-1)71(59-23-5-2-6-24-59)67-27-11-9-25-63(67)64-41-35-57(46-68(64)71)50-33-38-61(39-34-50)72(62-40-42-70-66(47-62)65-26-10-12-28-69(65)73-70)60-36-31-49(32-37-60)52-17-13-18-53(43-52)54-19-14-20-55(45-54)56-30-29-48-15-7-8-16-51(48)44-56/h1-47H. The molecule has 1 heterocycles. The maximum Gasteiger partial charge on any atom is 0.135 e. The molecule has 0 saturated carbocycles. The molecule has 2 nitrogen and oxygen atoms in total. The summed E-state index contributed by atoms with van der Waals surface area (Å²) in [5, 5.41) is 4.70. The molecule has 73 heavy (non-hydrogen) atoms. The Balaban J connectivity index is 0.834. The molecule has 0 radical (unpaired) electrons. The maximum absolute atomic E-state index is 6.32. The summed E-state index contributed by atoms with van der Waals surface area (Å²) in [6.07, 6.45) is 0. The fraction of sp³-hybridized carbons (Fsp3) is 0.0141. The lowest BCUT2D eigenvalue weighted by Crippen LogP contribution is -2.28. The Bertz CT molecular complexity index is 4150. The third-order valence-electron chi connectivity index (χ3n) is 15.1. The molecular weight excluding hydrogens is 883 g/mol. The van der Waals surface area contributed by atoms with Gasteiger partial charge in [0, 0.05) is 27.8 Å². The van der Waals surface area contributed by atoms with E-state index in [9.17, 15) is 0 Å². The van der Waals surface area contributed by atoms with Crippen LogP contribution in [-0.4, -0.2) is 0 Å². The van der Waals surface area contributed by atoms with Crippen LogP contribution in [-0.2, 0) is 5.41 Å². The summed E-state index contributed by atoms with van der Waals surface area (Å²) in [5.41, 5.74) is 21.6. The number of para-hydroxylation sites is 1. The predicted molar refractivity (Wildman–Crippen MR) is 305 cm³/mol. The SMILES string of the molecule is c1ccc(C2(c3ccccc3)c3ccccc3-c3ccc(-c4ccc(N(c5ccc(-c6cccc(-c7cccc(-c8ccc9ccccc9c8)c7)c6)cc5)c5ccc6oc7ccccc7c6c5)cc4)cc32)cc1. The van der Waals surface area contributed by atoms with Crippen molar-refractivity contribution < 1.29 is 4.42 Å². The second-order valence-corrected chi connectivity index (χ2v) is 19.2. The van der Waals surface area contributed by atoms with Crippen LogP contribution in [0.15, 0.2) is 290 Å². The molecule has 0 aliphatic heterocycles. The first-order chi connectivity index (χ1) is 36.2. The highest BCUT2D eigenvalue weighted by molar-refractivity contribution is 6.06. The van der Waals surface area contributed by atoms with Crippen LogP contribution in [0.3, 0.4) is 0 Å². The van der Waals surface area contributed by atoms with Gasteiger partial charge in [0.05, 0.1) is 5.41 Å². The minimum Gasteiger partial charge on any atom is -0.456 e. The number of benzene rings is 12. The van der Waals surface area contributed by atoms with Crippen molar-refractivity contribution in [3.63, 3.8) is 0 Å². The fourth-order valence-electron chi connectivity index (χ4n) is 11.7. The molecule has 0 amide bonds. The lowest BCUT2D eigenvalue weighted by atomic mass is 9.67. The van der Waals surface area contributed by atoms with E-state index in [-0.39, 0.29) is 0 Å². The quantitative estimate of drug-likeness (QED) is 0.143. The molecule has 1 aliphatic carbocycles. The van der Waals surface area contributed by atoms with E-state index < -0.39 is 5.41 Å². The summed E-state index contributed by atoms with van der Waals surface area (Å²) in [5.74, 6) is 0. The highest BCUT2D eigenvalue weighted by atomic mass is 16.3. The van der Waals surface area contributed by atoms with Crippen molar-refractivity contribution in [1.82, 2.24) is 0 Å². The van der Waals surface area contributed by atoms with E-state index in [1.54, 1.807) is 0 Å². The van der Waals surface area contributed by atoms with Crippen LogP contribution in [0.5, 0.6) is 0 Å². The Morgan fingerprint density at radius 3 is 1.41 bits per heavy atom. The van der Waals surface area contributed by atoms with Crippen LogP contribution in [0.4, 0.5) is 17.1 Å². The first-order valence-electron chi connectivity index (χ1n) is 25.1. The van der Waals surface area contributed by atoms with E-state index in [0.29, 0.717) is 0 Å². The molecule has 0 unspecified atom stereocenters. The second-order valence-electron chi connectivity index (χ2n) is 19.2. The fourth-order valence-corrected chi connectivity index (χ4v) is 11.7. The van der Waals surface area contributed by atoms with Gasteiger partial charge in [-0.3, -0.25) is 0 Å². The van der Waals surface area contributed by atoms with Crippen molar-refractivity contribution in [3.8, 4) is 55.6 Å². The van der Waals surface area contributed by atoms with Crippen molar-refractivity contribution in [2.24, 2.45) is 0 Å². The zero-order chi connectivity index (χ0) is 48.3. The summed E-state index contributed by atoms with van der Waals surface area (Å²) in [6.45, 7) is 0. The van der Waals surface area contributed by atoms with Gasteiger partial charge in [-0.25, -0.2) is 0 Å². The lowest BCUT2D eigenvalue weighted by molar-refractivity contribution is 0.669. The zero-order valence-corrected chi connectivity index (χ0v) is 40.0. The number of rotatable bonds is 9. The van der Waals surface area contributed by atoms with Gasteiger partial charge in [0.1, 0.15) is 11.2 Å². The second kappa shape index (κ2) is 17.4. The number of fused-ring (bicyclic) bond motifs is 7. The Kier molecular flexibility index (Phi) is 10.1. The molecule has 342 valence electrons. The van der Waals surface area contributed by atoms with Gasteiger partial charge >= 0.3 is 0 Å². The monoisotopic (exact) mass is 929 g/mol. The molecule has 0 saturated heterocycles. The normalized spacial score (nSPS) is 12.5. The molecular formula is C71H47NO. The molecule has 0 spiro atoms. The van der Waals surface area contributed by atoms with Crippen molar-refractivity contribution in [1.29, 1.82) is 0 Å². The smallest absolute Gasteiger partial charge is 0.135 e. The van der Waals surface area contributed by atoms with Crippen LogP contribution >= 0.6 is 0 Å². The van der Waals surface area contributed by atoms with E-state index in [4.69, 9.17) is 4.42 Å². The van der Waals surface area contributed by atoms with Gasteiger partial charge in [-0.15, -0.1) is 0 Å². The third-order valence-corrected chi connectivity index (χ3v) is 15.1. The van der Waals surface area contributed by atoms with Crippen molar-refractivity contribution in [2.75, 3.05) is 4.90 Å². The summed E-state index contributed by atoms with van der Waals surface area (Å²) in [4.78, 5) is 2.36.